The molecule has 2 aromatic carbocycles. The van der Waals surface area contributed by atoms with E-state index in [0.29, 0.717) is 37.0 Å². The number of sulfonamides is 1. The Kier molecular flexibility index (Phi) is 8.50. The van der Waals surface area contributed by atoms with Crippen LogP contribution in [0.5, 0.6) is 17.2 Å². The summed E-state index contributed by atoms with van der Waals surface area (Å²) in [4.78, 5) is 16.7. The molecule has 0 radical (unpaired) electrons. The van der Waals surface area contributed by atoms with Gasteiger partial charge in [0.1, 0.15) is 17.2 Å². The predicted octanol–water partition coefficient (Wildman–Crippen LogP) is 3.05. The number of hydrogen-bond acceptors (Lipinski definition) is 10. The lowest BCUT2D eigenvalue weighted by Gasteiger charge is -2.35. The molecule has 3 aromatic rings. The van der Waals surface area contributed by atoms with Gasteiger partial charge < -0.3 is 19.5 Å². The van der Waals surface area contributed by atoms with E-state index in [9.17, 15) is 18.3 Å². The Balaban J connectivity index is 1.41. The first kappa shape index (κ1) is 29.1. The van der Waals surface area contributed by atoms with Crippen LogP contribution < -0.4 is 19.1 Å². The van der Waals surface area contributed by atoms with Crippen LogP contribution in [0.3, 0.4) is 0 Å². The lowest BCUT2D eigenvalue weighted by Crippen LogP contribution is -2.46. The summed E-state index contributed by atoms with van der Waals surface area (Å²) in [7, 11) is -0.590. The maximum atomic E-state index is 12.4. The summed E-state index contributed by atoms with van der Waals surface area (Å²) >= 11 is 0. The number of phenolic OH excluding ortho intramolecular Hbond substituents is 1. The number of phenols is 1. The fraction of sp³-hybridized carbons (Fsp3) is 0.393. The molecule has 11 nitrogen and oxygen atoms in total. The maximum absolute atomic E-state index is 12.4. The molecule has 2 N–H and O–H groups in total. The van der Waals surface area contributed by atoms with Gasteiger partial charge in [0.2, 0.25) is 10.0 Å². The lowest BCUT2D eigenvalue weighted by molar-refractivity contribution is 0.0974. The van der Waals surface area contributed by atoms with E-state index >= 15 is 0 Å². The van der Waals surface area contributed by atoms with Crippen LogP contribution in [0.25, 0.3) is 11.1 Å². The normalized spacial score (nSPS) is 14.6. The highest BCUT2D eigenvalue weighted by Gasteiger charge is 2.31. The zero-order valence-electron chi connectivity index (χ0n) is 23.3. The lowest BCUT2D eigenvalue weighted by atomic mass is 10.0. The van der Waals surface area contributed by atoms with Crippen LogP contribution in [-0.4, -0.2) is 79.7 Å². The number of aromatic hydroxyl groups is 1. The van der Waals surface area contributed by atoms with Gasteiger partial charge in [0, 0.05) is 32.7 Å². The Morgan fingerprint density at radius 2 is 1.60 bits per heavy atom. The van der Waals surface area contributed by atoms with E-state index < -0.39 is 20.7 Å². The molecule has 1 aliphatic heterocycles. The topological polar surface area (TPSA) is 134 Å². The number of nitrogens with zero attached hydrogens (tertiary/aromatic N) is 4. The smallest absolute Gasteiger partial charge is 0.285 e. The molecule has 0 atom stereocenters. The van der Waals surface area contributed by atoms with Gasteiger partial charge in [-0.25, -0.2) is 13.1 Å². The van der Waals surface area contributed by atoms with Crippen LogP contribution >= 0.6 is 0 Å². The number of rotatable bonds is 8. The molecule has 1 amide bonds. The van der Waals surface area contributed by atoms with Crippen LogP contribution in [0.2, 0.25) is 0 Å². The van der Waals surface area contributed by atoms with Gasteiger partial charge in [-0.1, -0.05) is 12.1 Å². The number of carbonyl (C=O) groups is 1. The number of hydrogen-bond donors (Lipinski definition) is 2. The first-order valence-corrected chi connectivity index (χ1v) is 14.3. The van der Waals surface area contributed by atoms with Crippen molar-refractivity contribution >= 4 is 21.7 Å². The third-order valence-electron chi connectivity index (χ3n) is 6.78. The third-order valence-corrected chi connectivity index (χ3v) is 8.85. The SMILES string of the molecule is COc1cc(-c2cccc(O)c2)cc(OC)c1CN1CCN(c2ccc(C(=O)NS(=O)(=O)C(C)(C)C)nn2)CC1. The molecule has 1 fully saturated rings. The molecule has 40 heavy (non-hydrogen) atoms. The Morgan fingerprint density at radius 3 is 2.12 bits per heavy atom. The van der Waals surface area contributed by atoms with E-state index in [2.05, 4.69) is 24.7 Å². The number of carbonyl (C=O) groups excluding carboxylic acids is 1. The number of aromatic nitrogens is 2. The van der Waals surface area contributed by atoms with Crippen LogP contribution in [0.1, 0.15) is 36.8 Å². The largest absolute Gasteiger partial charge is 0.508 e. The van der Waals surface area contributed by atoms with Gasteiger partial charge in [-0.15, -0.1) is 10.2 Å². The highest BCUT2D eigenvalue weighted by atomic mass is 32.2. The van der Waals surface area contributed by atoms with Crippen molar-refractivity contribution in [2.45, 2.75) is 32.1 Å². The maximum Gasteiger partial charge on any atom is 0.285 e. The summed E-state index contributed by atoms with van der Waals surface area (Å²) in [6, 6.07) is 14.1. The molecule has 1 aromatic heterocycles. The van der Waals surface area contributed by atoms with Crippen molar-refractivity contribution in [3.8, 4) is 28.4 Å². The molecule has 4 rings (SSSR count). The number of methoxy groups -OCH3 is 2. The minimum Gasteiger partial charge on any atom is -0.508 e. The Hall–Kier alpha value is -3.90. The fourth-order valence-corrected chi connectivity index (χ4v) is 4.95. The molecule has 0 unspecified atom stereocenters. The number of nitrogens with one attached hydrogen (secondary N) is 1. The second kappa shape index (κ2) is 11.7. The van der Waals surface area contributed by atoms with E-state index in [-0.39, 0.29) is 11.4 Å². The molecule has 1 saturated heterocycles. The van der Waals surface area contributed by atoms with E-state index in [1.165, 1.54) is 26.8 Å². The average molecular weight is 570 g/mol. The first-order chi connectivity index (χ1) is 18.9. The highest BCUT2D eigenvalue weighted by Crippen LogP contribution is 2.37. The molecule has 0 saturated carbocycles. The molecule has 12 heteroatoms. The van der Waals surface area contributed by atoms with Gasteiger partial charge >= 0.3 is 0 Å². The molecule has 214 valence electrons. The summed E-state index contributed by atoms with van der Waals surface area (Å²) < 4.78 is 36.9. The van der Waals surface area contributed by atoms with E-state index in [1.807, 2.05) is 18.2 Å². The second-order valence-corrected chi connectivity index (χ2v) is 12.9. The minimum atomic E-state index is -3.85. The van der Waals surface area contributed by atoms with Gasteiger partial charge in [-0.3, -0.25) is 9.69 Å². The van der Waals surface area contributed by atoms with Gasteiger partial charge in [0.25, 0.3) is 5.91 Å². The summed E-state index contributed by atoms with van der Waals surface area (Å²) in [5.41, 5.74) is 2.60. The summed E-state index contributed by atoms with van der Waals surface area (Å²) in [6.45, 7) is 8.01. The van der Waals surface area contributed by atoms with Crippen molar-refractivity contribution in [1.29, 1.82) is 0 Å². The Morgan fingerprint density at radius 1 is 0.950 bits per heavy atom. The van der Waals surface area contributed by atoms with Crippen LogP contribution in [0, 0.1) is 0 Å². The van der Waals surface area contributed by atoms with E-state index in [1.54, 1.807) is 38.5 Å². The molecule has 2 heterocycles. The molecular weight excluding hydrogens is 534 g/mol. The van der Waals surface area contributed by atoms with E-state index in [0.717, 1.165) is 29.8 Å². The minimum absolute atomic E-state index is 0.0661. The molecular formula is C28H35N5O6S. The average Bonchev–Trinajstić information content (AvgIpc) is 2.92. The zero-order valence-corrected chi connectivity index (χ0v) is 24.2. The summed E-state index contributed by atoms with van der Waals surface area (Å²) in [5, 5.41) is 18.0. The van der Waals surface area contributed by atoms with Gasteiger partial charge in [-0.05, 0) is 68.3 Å². The van der Waals surface area contributed by atoms with Crippen molar-refractivity contribution in [2.75, 3.05) is 45.3 Å². The predicted molar refractivity (Wildman–Crippen MR) is 152 cm³/mol. The number of amides is 1. The van der Waals surface area contributed by atoms with Gasteiger partial charge in [-0.2, -0.15) is 0 Å². The van der Waals surface area contributed by atoms with Crippen LogP contribution in [-0.2, 0) is 16.6 Å². The zero-order chi connectivity index (χ0) is 29.1. The number of piperazine rings is 1. The van der Waals surface area contributed by atoms with Crippen molar-refractivity contribution < 1.29 is 27.8 Å². The summed E-state index contributed by atoms with van der Waals surface area (Å²) in [5.74, 6) is 1.40. The Bertz CT molecular complexity index is 1440. The van der Waals surface area contributed by atoms with E-state index in [4.69, 9.17) is 9.47 Å². The first-order valence-electron chi connectivity index (χ1n) is 12.8. The number of anilines is 1. The Labute approximate surface area is 234 Å². The third kappa shape index (κ3) is 6.45. The molecule has 0 bridgehead atoms. The number of benzene rings is 2. The van der Waals surface area contributed by atoms with Crippen molar-refractivity contribution in [3.63, 3.8) is 0 Å². The molecule has 1 aliphatic rings. The second-order valence-electron chi connectivity index (χ2n) is 10.5. The fourth-order valence-electron chi connectivity index (χ4n) is 4.29. The van der Waals surface area contributed by atoms with Crippen LogP contribution in [0.4, 0.5) is 5.82 Å². The quantitative estimate of drug-likeness (QED) is 0.417. The van der Waals surface area contributed by atoms with Crippen molar-refractivity contribution in [2.24, 2.45) is 0 Å². The molecule has 0 spiro atoms. The summed E-state index contributed by atoms with van der Waals surface area (Å²) in [6.07, 6.45) is 0. The highest BCUT2D eigenvalue weighted by molar-refractivity contribution is 7.91. The van der Waals surface area contributed by atoms with Gasteiger partial charge in [0.15, 0.2) is 11.5 Å². The monoisotopic (exact) mass is 569 g/mol. The number of ether oxygens (including phenoxy) is 2. The molecule has 0 aliphatic carbocycles. The van der Waals surface area contributed by atoms with Crippen LogP contribution in [0.15, 0.2) is 48.5 Å². The van der Waals surface area contributed by atoms with Gasteiger partial charge in [0.05, 0.1) is 24.5 Å². The van der Waals surface area contributed by atoms with Crippen molar-refractivity contribution in [1.82, 2.24) is 19.8 Å². The van der Waals surface area contributed by atoms with Crippen molar-refractivity contribution in [3.05, 3.63) is 59.8 Å². The standard InChI is InChI=1S/C28H35N5O6S/c1-28(2,3)40(36,37)31-27(35)23-9-10-26(30-29-23)33-13-11-32(12-14-33)18-22-24(38-4)16-20(17-25(22)39-5)19-7-6-8-21(34)15-19/h6-10,15-17,34H,11-14,18H2,1-5H3,(H,31,35).